The lowest BCUT2D eigenvalue weighted by Crippen LogP contribution is -2.41. The number of methoxy groups -OCH3 is 1. The first kappa shape index (κ1) is 13.3. The summed E-state index contributed by atoms with van der Waals surface area (Å²) >= 11 is 0. The van der Waals surface area contributed by atoms with Gasteiger partial charge in [0.2, 0.25) is 0 Å². The van der Waals surface area contributed by atoms with E-state index >= 15 is 0 Å². The van der Waals surface area contributed by atoms with Gasteiger partial charge in [0, 0.05) is 12.6 Å². The molecule has 0 saturated heterocycles. The number of nitrogens with one attached hydrogen (secondary N) is 1. The second-order valence-electron chi connectivity index (χ2n) is 4.81. The van der Waals surface area contributed by atoms with Crippen LogP contribution < -0.4 is 10.1 Å². The molecule has 0 radical (unpaired) electrons. The van der Waals surface area contributed by atoms with E-state index in [1.165, 1.54) is 13.2 Å². The van der Waals surface area contributed by atoms with Gasteiger partial charge in [0.1, 0.15) is 0 Å². The third-order valence-electron chi connectivity index (χ3n) is 3.51. The molecule has 1 saturated carbocycles. The van der Waals surface area contributed by atoms with Crippen molar-refractivity contribution in [2.75, 3.05) is 7.11 Å². The Labute approximate surface area is 107 Å². The predicted molar refractivity (Wildman–Crippen MR) is 68.1 cm³/mol. The van der Waals surface area contributed by atoms with Crippen LogP contribution in [0.5, 0.6) is 5.75 Å². The standard InChI is InChI=1S/C14H20FNO2/c1-18-14-7-6-10(8-11(14)15)9-16-12-4-2-3-5-13(12)17/h6-8,12-13,16-17H,2-5,9H2,1H3/t12-,13-/m1/s1. The predicted octanol–water partition coefficient (Wildman–Crippen LogP) is 2.23. The number of rotatable bonds is 4. The normalized spacial score (nSPS) is 23.9. The van der Waals surface area contributed by atoms with E-state index in [4.69, 9.17) is 4.74 Å². The van der Waals surface area contributed by atoms with Crippen LogP contribution in [-0.2, 0) is 6.54 Å². The van der Waals surface area contributed by atoms with Gasteiger partial charge in [-0.1, -0.05) is 18.9 Å². The maximum Gasteiger partial charge on any atom is 0.165 e. The maximum atomic E-state index is 13.5. The summed E-state index contributed by atoms with van der Waals surface area (Å²) in [6.45, 7) is 0.572. The molecular formula is C14H20FNO2. The minimum Gasteiger partial charge on any atom is -0.494 e. The molecule has 0 bridgehead atoms. The zero-order valence-corrected chi connectivity index (χ0v) is 10.7. The van der Waals surface area contributed by atoms with Gasteiger partial charge in [0.15, 0.2) is 11.6 Å². The molecule has 2 atom stereocenters. The molecule has 18 heavy (non-hydrogen) atoms. The first-order chi connectivity index (χ1) is 8.70. The fourth-order valence-corrected chi connectivity index (χ4v) is 2.42. The molecule has 1 aliphatic rings. The fourth-order valence-electron chi connectivity index (χ4n) is 2.42. The summed E-state index contributed by atoms with van der Waals surface area (Å²) in [7, 11) is 1.45. The van der Waals surface area contributed by atoms with Crippen LogP contribution in [0.3, 0.4) is 0 Å². The van der Waals surface area contributed by atoms with Gasteiger partial charge in [-0.15, -0.1) is 0 Å². The Morgan fingerprint density at radius 3 is 2.83 bits per heavy atom. The van der Waals surface area contributed by atoms with Crippen molar-refractivity contribution in [2.24, 2.45) is 0 Å². The molecule has 100 valence electrons. The summed E-state index contributed by atoms with van der Waals surface area (Å²) in [4.78, 5) is 0. The van der Waals surface area contributed by atoms with E-state index in [0.717, 1.165) is 31.2 Å². The van der Waals surface area contributed by atoms with Crippen molar-refractivity contribution >= 4 is 0 Å². The Morgan fingerprint density at radius 1 is 1.39 bits per heavy atom. The zero-order valence-electron chi connectivity index (χ0n) is 10.7. The number of aliphatic hydroxyl groups excluding tert-OH is 1. The molecule has 1 aromatic rings. The second kappa shape index (κ2) is 6.16. The van der Waals surface area contributed by atoms with Crippen molar-refractivity contribution < 1.29 is 14.2 Å². The Morgan fingerprint density at radius 2 is 2.17 bits per heavy atom. The SMILES string of the molecule is COc1ccc(CN[C@@H]2CCCC[C@H]2O)cc1F. The van der Waals surface area contributed by atoms with E-state index < -0.39 is 0 Å². The first-order valence-corrected chi connectivity index (χ1v) is 6.44. The Balaban J connectivity index is 1.91. The van der Waals surface area contributed by atoms with Crippen LogP contribution in [-0.4, -0.2) is 24.4 Å². The molecule has 0 spiro atoms. The summed E-state index contributed by atoms with van der Waals surface area (Å²) in [5.74, 6) is -0.0857. The van der Waals surface area contributed by atoms with Crippen LogP contribution in [0.25, 0.3) is 0 Å². The van der Waals surface area contributed by atoms with Crippen molar-refractivity contribution in [1.82, 2.24) is 5.32 Å². The molecule has 2 N–H and O–H groups in total. The number of benzene rings is 1. The molecule has 2 rings (SSSR count). The van der Waals surface area contributed by atoms with E-state index in [9.17, 15) is 9.50 Å². The van der Waals surface area contributed by atoms with E-state index in [-0.39, 0.29) is 23.7 Å². The number of hydrogen-bond acceptors (Lipinski definition) is 3. The highest BCUT2D eigenvalue weighted by Gasteiger charge is 2.22. The lowest BCUT2D eigenvalue weighted by atomic mass is 9.92. The van der Waals surface area contributed by atoms with Gasteiger partial charge in [-0.2, -0.15) is 0 Å². The Bertz CT molecular complexity index is 397. The van der Waals surface area contributed by atoms with Crippen LogP contribution in [0.4, 0.5) is 4.39 Å². The summed E-state index contributed by atoms with van der Waals surface area (Å²) < 4.78 is 18.4. The van der Waals surface area contributed by atoms with Crippen LogP contribution in [0.15, 0.2) is 18.2 Å². The van der Waals surface area contributed by atoms with Crippen molar-refractivity contribution in [2.45, 2.75) is 44.4 Å². The Hall–Kier alpha value is -1.13. The minimum absolute atomic E-state index is 0.129. The quantitative estimate of drug-likeness (QED) is 0.864. The summed E-state index contributed by atoms with van der Waals surface area (Å²) in [6.07, 6.45) is 3.80. The molecule has 1 fully saturated rings. The molecule has 0 heterocycles. The molecule has 4 heteroatoms. The third kappa shape index (κ3) is 3.21. The smallest absolute Gasteiger partial charge is 0.165 e. The van der Waals surface area contributed by atoms with Gasteiger partial charge >= 0.3 is 0 Å². The van der Waals surface area contributed by atoms with Crippen LogP contribution in [0, 0.1) is 5.82 Å². The first-order valence-electron chi connectivity index (χ1n) is 6.44. The molecule has 1 aliphatic carbocycles. The lowest BCUT2D eigenvalue weighted by molar-refractivity contribution is 0.0902. The maximum absolute atomic E-state index is 13.5. The minimum atomic E-state index is -0.346. The van der Waals surface area contributed by atoms with E-state index in [1.807, 2.05) is 6.07 Å². The summed E-state index contributed by atoms with van der Waals surface area (Å²) in [5.41, 5.74) is 0.867. The van der Waals surface area contributed by atoms with Gasteiger partial charge in [0.05, 0.1) is 13.2 Å². The molecule has 3 nitrogen and oxygen atoms in total. The highest BCUT2D eigenvalue weighted by atomic mass is 19.1. The highest BCUT2D eigenvalue weighted by Crippen LogP contribution is 2.20. The van der Waals surface area contributed by atoms with E-state index in [2.05, 4.69) is 5.32 Å². The number of ether oxygens (including phenoxy) is 1. The topological polar surface area (TPSA) is 41.5 Å². The lowest BCUT2D eigenvalue weighted by Gasteiger charge is -2.28. The van der Waals surface area contributed by atoms with Crippen molar-refractivity contribution in [3.8, 4) is 5.75 Å². The molecule has 0 aliphatic heterocycles. The van der Waals surface area contributed by atoms with E-state index in [0.29, 0.717) is 6.54 Å². The average molecular weight is 253 g/mol. The Kier molecular flexibility index (Phi) is 4.55. The number of halogens is 1. The van der Waals surface area contributed by atoms with Gasteiger partial charge in [-0.05, 0) is 30.5 Å². The second-order valence-corrected chi connectivity index (χ2v) is 4.81. The van der Waals surface area contributed by atoms with E-state index in [1.54, 1.807) is 6.07 Å². The molecular weight excluding hydrogens is 233 g/mol. The summed E-state index contributed by atoms with van der Waals surface area (Å²) in [6, 6.07) is 5.07. The van der Waals surface area contributed by atoms with Crippen molar-refractivity contribution in [3.63, 3.8) is 0 Å². The largest absolute Gasteiger partial charge is 0.494 e. The van der Waals surface area contributed by atoms with Crippen LogP contribution in [0.2, 0.25) is 0 Å². The monoisotopic (exact) mass is 253 g/mol. The van der Waals surface area contributed by atoms with Gasteiger partial charge < -0.3 is 15.2 Å². The number of hydrogen-bond donors (Lipinski definition) is 2. The summed E-state index contributed by atoms with van der Waals surface area (Å²) in [5, 5.41) is 13.1. The van der Waals surface area contributed by atoms with Crippen molar-refractivity contribution in [3.05, 3.63) is 29.6 Å². The molecule has 0 amide bonds. The average Bonchev–Trinajstić information content (AvgIpc) is 2.38. The van der Waals surface area contributed by atoms with Gasteiger partial charge in [-0.3, -0.25) is 0 Å². The van der Waals surface area contributed by atoms with Gasteiger partial charge in [-0.25, -0.2) is 4.39 Å². The molecule has 0 unspecified atom stereocenters. The fraction of sp³-hybridized carbons (Fsp3) is 0.571. The highest BCUT2D eigenvalue weighted by molar-refractivity contribution is 5.29. The van der Waals surface area contributed by atoms with Crippen LogP contribution in [0.1, 0.15) is 31.2 Å². The third-order valence-corrected chi connectivity index (χ3v) is 3.51. The zero-order chi connectivity index (χ0) is 13.0. The van der Waals surface area contributed by atoms with Gasteiger partial charge in [0.25, 0.3) is 0 Å². The van der Waals surface area contributed by atoms with Crippen molar-refractivity contribution in [1.29, 1.82) is 0 Å². The van der Waals surface area contributed by atoms with Crippen LogP contribution >= 0.6 is 0 Å². The number of aliphatic hydroxyl groups is 1. The molecule has 1 aromatic carbocycles. The molecule has 0 aromatic heterocycles.